The van der Waals surface area contributed by atoms with Crippen molar-refractivity contribution in [2.24, 2.45) is 0 Å². The minimum atomic E-state index is -4.42. The lowest BCUT2D eigenvalue weighted by Crippen LogP contribution is -2.10. The Labute approximate surface area is 166 Å². The van der Waals surface area contributed by atoms with Gasteiger partial charge in [0.15, 0.2) is 5.69 Å². The second kappa shape index (κ2) is 7.59. The van der Waals surface area contributed by atoms with E-state index in [9.17, 15) is 18.0 Å². The smallest absolute Gasteiger partial charge is 0.416 e. The summed E-state index contributed by atoms with van der Waals surface area (Å²) in [6.07, 6.45) is -1.60. The van der Waals surface area contributed by atoms with E-state index in [1.807, 2.05) is 24.3 Å². The number of hydrogen-bond acceptors (Lipinski definition) is 6. The van der Waals surface area contributed by atoms with Crippen molar-refractivity contribution in [2.75, 3.05) is 0 Å². The Balaban J connectivity index is 1.54. The van der Waals surface area contributed by atoms with Crippen molar-refractivity contribution in [3.05, 3.63) is 77.7 Å². The largest absolute Gasteiger partial charge is 0.456 e. The Kier molecular flexibility index (Phi) is 4.98. The number of alkyl halides is 3. The fourth-order valence-corrected chi connectivity index (χ4v) is 3.59. The summed E-state index contributed by atoms with van der Waals surface area (Å²) in [5.74, 6) is -0.729. The van der Waals surface area contributed by atoms with Crippen LogP contribution in [0.5, 0.6) is 0 Å². The summed E-state index contributed by atoms with van der Waals surface area (Å²) in [7, 11) is 0. The molecule has 0 aliphatic rings. The van der Waals surface area contributed by atoms with Crippen LogP contribution in [0.4, 0.5) is 13.2 Å². The molecular weight excluding hydrogens is 403 g/mol. The number of para-hydroxylation sites is 1. The van der Waals surface area contributed by atoms with Crippen LogP contribution in [0.15, 0.2) is 60.9 Å². The fourth-order valence-electron chi connectivity index (χ4n) is 2.62. The number of hydrogen-bond donors (Lipinski definition) is 0. The van der Waals surface area contributed by atoms with Gasteiger partial charge in [0.1, 0.15) is 17.3 Å². The maximum atomic E-state index is 12.6. The molecule has 4 rings (SSSR count). The van der Waals surface area contributed by atoms with E-state index in [2.05, 4.69) is 15.0 Å². The molecule has 0 spiro atoms. The van der Waals surface area contributed by atoms with E-state index in [0.29, 0.717) is 16.3 Å². The van der Waals surface area contributed by atoms with Gasteiger partial charge in [0.2, 0.25) is 0 Å². The lowest BCUT2D eigenvalue weighted by molar-refractivity contribution is -0.137. The molecular formula is C20H12F3N3O2S. The number of nitrogens with zero attached hydrogens (tertiary/aromatic N) is 3. The van der Waals surface area contributed by atoms with Crippen LogP contribution in [0.1, 0.15) is 21.6 Å². The molecule has 0 fully saturated rings. The molecule has 0 atom stereocenters. The molecule has 5 nitrogen and oxygen atoms in total. The number of ether oxygens (including phenoxy) is 1. The predicted octanol–water partition coefficient (Wildman–Crippen LogP) is 5.13. The first kappa shape index (κ1) is 19.0. The number of thiazole rings is 1. The number of aromatic nitrogens is 3. The molecule has 0 N–H and O–H groups in total. The molecule has 0 saturated carbocycles. The number of rotatable bonds is 4. The van der Waals surface area contributed by atoms with Gasteiger partial charge in [-0.25, -0.2) is 19.7 Å². The zero-order chi connectivity index (χ0) is 20.4. The molecule has 2 aromatic heterocycles. The maximum Gasteiger partial charge on any atom is 0.416 e. The molecule has 0 aliphatic heterocycles. The Hall–Kier alpha value is -3.33. The van der Waals surface area contributed by atoms with Crippen LogP contribution in [-0.4, -0.2) is 20.9 Å². The van der Waals surface area contributed by atoms with Crippen LogP contribution in [0.25, 0.3) is 20.9 Å². The van der Waals surface area contributed by atoms with Crippen LogP contribution in [0.3, 0.4) is 0 Å². The molecule has 0 radical (unpaired) electrons. The monoisotopic (exact) mass is 415 g/mol. The topological polar surface area (TPSA) is 65.0 Å². The Morgan fingerprint density at radius 2 is 1.72 bits per heavy atom. The van der Waals surface area contributed by atoms with Crippen LogP contribution in [-0.2, 0) is 17.5 Å². The third kappa shape index (κ3) is 4.09. The van der Waals surface area contributed by atoms with Crippen molar-refractivity contribution in [1.82, 2.24) is 15.0 Å². The van der Waals surface area contributed by atoms with Gasteiger partial charge in [-0.1, -0.05) is 24.3 Å². The van der Waals surface area contributed by atoms with E-state index in [4.69, 9.17) is 4.74 Å². The highest BCUT2D eigenvalue weighted by Crippen LogP contribution is 2.31. The lowest BCUT2D eigenvalue weighted by Gasteiger charge is -2.09. The van der Waals surface area contributed by atoms with Crippen LogP contribution in [0.2, 0.25) is 0 Å². The molecule has 2 heterocycles. The third-order valence-corrected chi connectivity index (χ3v) is 5.08. The molecule has 0 bridgehead atoms. The third-order valence-electron chi connectivity index (χ3n) is 4.04. The second-order valence-electron chi connectivity index (χ2n) is 6.01. The Bertz CT molecular complexity index is 1140. The van der Waals surface area contributed by atoms with Crippen LogP contribution in [0, 0.1) is 0 Å². The molecule has 0 unspecified atom stereocenters. The van der Waals surface area contributed by atoms with Crippen molar-refractivity contribution in [2.45, 2.75) is 12.8 Å². The standard InChI is InChI=1S/C20H12F3N3O2S/c21-20(22,23)13-7-5-12(6-8-13)11-28-19(27)17-16(24-9-10-25-17)18-26-14-3-1-2-4-15(14)29-18/h1-10H,11H2. The molecule has 0 aliphatic carbocycles. The minimum Gasteiger partial charge on any atom is -0.456 e. The van der Waals surface area contributed by atoms with Crippen molar-refractivity contribution in [3.8, 4) is 10.7 Å². The fraction of sp³-hybridized carbons (Fsp3) is 0.100. The maximum absolute atomic E-state index is 12.6. The average Bonchev–Trinajstić information content (AvgIpc) is 3.16. The first-order valence-electron chi connectivity index (χ1n) is 8.42. The van der Waals surface area contributed by atoms with E-state index in [1.54, 1.807) is 0 Å². The molecule has 29 heavy (non-hydrogen) atoms. The quantitative estimate of drug-likeness (QED) is 0.433. The van der Waals surface area contributed by atoms with Gasteiger partial charge < -0.3 is 4.74 Å². The normalized spacial score (nSPS) is 11.6. The number of benzene rings is 2. The minimum absolute atomic E-state index is 0.00142. The summed E-state index contributed by atoms with van der Waals surface area (Å²) < 4.78 is 44.1. The van der Waals surface area contributed by atoms with Crippen molar-refractivity contribution >= 4 is 27.5 Å². The van der Waals surface area contributed by atoms with Crippen molar-refractivity contribution < 1.29 is 22.7 Å². The highest BCUT2D eigenvalue weighted by molar-refractivity contribution is 7.21. The van der Waals surface area contributed by atoms with Gasteiger partial charge in [-0.3, -0.25) is 0 Å². The van der Waals surface area contributed by atoms with Gasteiger partial charge >= 0.3 is 12.1 Å². The van der Waals surface area contributed by atoms with Gasteiger partial charge in [-0.15, -0.1) is 11.3 Å². The summed E-state index contributed by atoms with van der Waals surface area (Å²) in [5, 5.41) is 0.529. The SMILES string of the molecule is O=C(OCc1ccc(C(F)(F)F)cc1)c1nccnc1-c1nc2ccccc2s1. The lowest BCUT2D eigenvalue weighted by atomic mass is 10.1. The molecule has 2 aromatic carbocycles. The van der Waals surface area contributed by atoms with E-state index < -0.39 is 17.7 Å². The molecule has 0 saturated heterocycles. The van der Waals surface area contributed by atoms with Gasteiger partial charge in [-0.05, 0) is 29.8 Å². The zero-order valence-electron chi connectivity index (χ0n) is 14.7. The first-order chi connectivity index (χ1) is 13.9. The van der Waals surface area contributed by atoms with Crippen LogP contribution < -0.4 is 0 Å². The number of carbonyl (C=O) groups is 1. The summed E-state index contributed by atoms with van der Waals surface area (Å²) in [6, 6.07) is 11.9. The second-order valence-corrected chi connectivity index (χ2v) is 7.04. The predicted molar refractivity (Wildman–Crippen MR) is 101 cm³/mol. The molecule has 9 heteroatoms. The first-order valence-corrected chi connectivity index (χ1v) is 9.24. The van der Waals surface area contributed by atoms with Gasteiger partial charge in [0, 0.05) is 12.4 Å². The van der Waals surface area contributed by atoms with Crippen molar-refractivity contribution in [1.29, 1.82) is 0 Å². The summed E-state index contributed by atoms with van der Waals surface area (Å²) in [5.41, 5.74) is 0.739. The molecule has 0 amide bonds. The number of fused-ring (bicyclic) bond motifs is 1. The summed E-state index contributed by atoms with van der Waals surface area (Å²) >= 11 is 1.37. The number of esters is 1. The zero-order valence-corrected chi connectivity index (χ0v) is 15.5. The van der Waals surface area contributed by atoms with Gasteiger partial charge in [0.05, 0.1) is 15.8 Å². The highest BCUT2D eigenvalue weighted by atomic mass is 32.1. The van der Waals surface area contributed by atoms with E-state index in [0.717, 1.165) is 22.3 Å². The van der Waals surface area contributed by atoms with Gasteiger partial charge in [0.25, 0.3) is 0 Å². The highest BCUT2D eigenvalue weighted by Gasteiger charge is 2.30. The van der Waals surface area contributed by atoms with Gasteiger partial charge in [-0.2, -0.15) is 13.2 Å². The van der Waals surface area contributed by atoms with E-state index in [1.165, 1.54) is 35.9 Å². The number of halogens is 3. The molecule has 4 aromatic rings. The Morgan fingerprint density at radius 3 is 2.45 bits per heavy atom. The average molecular weight is 415 g/mol. The van der Waals surface area contributed by atoms with E-state index >= 15 is 0 Å². The summed E-state index contributed by atoms with van der Waals surface area (Å²) in [6.45, 7) is -0.188. The van der Waals surface area contributed by atoms with Crippen molar-refractivity contribution in [3.63, 3.8) is 0 Å². The van der Waals surface area contributed by atoms with Crippen LogP contribution >= 0.6 is 11.3 Å². The van der Waals surface area contributed by atoms with E-state index in [-0.39, 0.29) is 12.3 Å². The number of carbonyl (C=O) groups excluding carboxylic acids is 1. The molecule has 146 valence electrons. The summed E-state index contributed by atoms with van der Waals surface area (Å²) in [4.78, 5) is 25.3. The Morgan fingerprint density at radius 1 is 1.00 bits per heavy atom.